The van der Waals surface area contributed by atoms with Crippen molar-refractivity contribution in [1.82, 2.24) is 0 Å². The molecule has 0 saturated carbocycles. The van der Waals surface area contributed by atoms with Crippen LogP contribution in [0.15, 0.2) is 48.5 Å². The van der Waals surface area contributed by atoms with Crippen molar-refractivity contribution in [1.29, 1.82) is 0 Å². The highest BCUT2D eigenvalue weighted by Gasteiger charge is 2.48. The summed E-state index contributed by atoms with van der Waals surface area (Å²) in [6.07, 6.45) is 0.443. The smallest absolute Gasteiger partial charge is 0.154 e. The van der Waals surface area contributed by atoms with Gasteiger partial charge in [0, 0.05) is 5.56 Å². The molecule has 112 valence electrons. The zero-order valence-corrected chi connectivity index (χ0v) is 17.1. The summed E-state index contributed by atoms with van der Waals surface area (Å²) in [5, 5.41) is 20.2. The molecule has 2 aromatic rings. The van der Waals surface area contributed by atoms with Crippen LogP contribution in [0.1, 0.15) is 11.1 Å². The molecule has 0 spiro atoms. The highest BCUT2D eigenvalue weighted by molar-refractivity contribution is 9.40. The molecule has 21 heavy (non-hydrogen) atoms. The molecule has 6 heteroatoms. The summed E-state index contributed by atoms with van der Waals surface area (Å²) < 4.78 is -1.45. The van der Waals surface area contributed by atoms with Gasteiger partial charge in [0.25, 0.3) is 0 Å². The van der Waals surface area contributed by atoms with E-state index in [9.17, 15) is 10.2 Å². The minimum Gasteiger partial charge on any atom is -0.508 e. The van der Waals surface area contributed by atoms with Gasteiger partial charge in [0.1, 0.15) is 11.5 Å². The molecule has 1 atom stereocenters. The second-order valence-corrected chi connectivity index (χ2v) is 12.7. The van der Waals surface area contributed by atoms with Crippen molar-refractivity contribution < 1.29 is 10.2 Å². The number of alkyl halides is 4. The van der Waals surface area contributed by atoms with Crippen molar-refractivity contribution in [3.05, 3.63) is 59.7 Å². The fourth-order valence-electron chi connectivity index (χ4n) is 2.08. The molecule has 0 heterocycles. The Morgan fingerprint density at radius 1 is 0.762 bits per heavy atom. The number of halogens is 4. The van der Waals surface area contributed by atoms with E-state index in [-0.39, 0.29) is 11.5 Å². The van der Waals surface area contributed by atoms with Crippen LogP contribution in [0.3, 0.4) is 0 Å². The van der Waals surface area contributed by atoms with Gasteiger partial charge in [-0.05, 0) is 24.1 Å². The first-order valence-electron chi connectivity index (χ1n) is 6.06. The standard InChI is InChI=1S/C15H12Br4O2/c16-14(15(17,18)19,11-6-2-4-8-13(11)21)9-10-5-1-3-7-12(10)20/h1-8,20-21H,9H2. The topological polar surface area (TPSA) is 40.5 Å². The molecule has 0 fully saturated rings. The summed E-state index contributed by atoms with van der Waals surface area (Å²) in [5.41, 5.74) is 1.46. The number of hydrogen-bond acceptors (Lipinski definition) is 2. The first-order chi connectivity index (χ1) is 9.75. The molecule has 2 nitrogen and oxygen atoms in total. The first kappa shape index (κ1) is 17.3. The molecule has 0 bridgehead atoms. The van der Waals surface area contributed by atoms with E-state index in [0.717, 1.165) is 5.56 Å². The van der Waals surface area contributed by atoms with E-state index in [0.29, 0.717) is 12.0 Å². The van der Waals surface area contributed by atoms with E-state index in [4.69, 9.17) is 0 Å². The minimum absolute atomic E-state index is 0.174. The maximum Gasteiger partial charge on any atom is 0.154 e. The Labute approximate surface area is 157 Å². The van der Waals surface area contributed by atoms with Crippen LogP contribution in [0, 0.1) is 0 Å². The minimum atomic E-state index is -0.732. The van der Waals surface area contributed by atoms with Gasteiger partial charge in [-0.3, -0.25) is 0 Å². The third-order valence-corrected chi connectivity index (χ3v) is 8.14. The van der Waals surface area contributed by atoms with E-state index in [1.807, 2.05) is 24.3 Å². The number of hydrogen-bond donors (Lipinski definition) is 2. The van der Waals surface area contributed by atoms with Crippen LogP contribution in [-0.2, 0) is 10.7 Å². The summed E-state index contributed by atoms with van der Waals surface area (Å²) >= 11 is 14.4. The lowest BCUT2D eigenvalue weighted by Crippen LogP contribution is -2.35. The van der Waals surface area contributed by atoms with E-state index >= 15 is 0 Å². The van der Waals surface area contributed by atoms with Crippen LogP contribution in [0.2, 0.25) is 0 Å². The highest BCUT2D eigenvalue weighted by Crippen LogP contribution is 2.58. The van der Waals surface area contributed by atoms with Crippen molar-refractivity contribution in [2.45, 2.75) is 12.9 Å². The number of rotatable bonds is 3. The fraction of sp³-hybridized carbons (Fsp3) is 0.200. The maximum atomic E-state index is 10.2. The average molecular weight is 544 g/mol. The largest absolute Gasteiger partial charge is 0.508 e. The summed E-state index contributed by atoms with van der Waals surface area (Å²) in [6.45, 7) is 0. The van der Waals surface area contributed by atoms with Crippen LogP contribution in [0.5, 0.6) is 11.5 Å². The molecule has 1 unspecified atom stereocenters. The van der Waals surface area contributed by atoms with Gasteiger partial charge in [0.05, 0.1) is 4.32 Å². The van der Waals surface area contributed by atoms with Crippen molar-refractivity contribution in [2.24, 2.45) is 0 Å². The van der Waals surface area contributed by atoms with Crippen LogP contribution in [0.4, 0.5) is 0 Å². The van der Waals surface area contributed by atoms with Gasteiger partial charge in [0.2, 0.25) is 0 Å². The second-order valence-electron chi connectivity index (χ2n) is 4.62. The highest BCUT2D eigenvalue weighted by atomic mass is 80.0. The molecule has 2 aromatic carbocycles. The normalized spacial score (nSPS) is 14.7. The Balaban J connectivity index is 2.54. The molecular weight excluding hydrogens is 532 g/mol. The predicted octanol–water partition coefficient (Wildman–Crippen LogP) is 5.77. The molecular formula is C15H12Br4O2. The van der Waals surface area contributed by atoms with Gasteiger partial charge in [-0.15, -0.1) is 0 Å². The van der Waals surface area contributed by atoms with Crippen molar-refractivity contribution in [2.75, 3.05) is 0 Å². The summed E-state index contributed by atoms with van der Waals surface area (Å²) in [7, 11) is 0. The van der Waals surface area contributed by atoms with Crippen LogP contribution >= 0.6 is 63.7 Å². The molecule has 0 aliphatic rings. The van der Waals surface area contributed by atoms with E-state index < -0.39 is 6.47 Å². The van der Waals surface area contributed by atoms with E-state index in [2.05, 4.69) is 63.7 Å². The molecule has 2 N–H and O–H groups in total. The van der Waals surface area contributed by atoms with E-state index in [1.165, 1.54) is 0 Å². The second kappa shape index (κ2) is 6.60. The molecule has 0 saturated heterocycles. The lowest BCUT2D eigenvalue weighted by Gasteiger charge is -2.36. The van der Waals surface area contributed by atoms with Gasteiger partial charge < -0.3 is 10.2 Å². The predicted molar refractivity (Wildman–Crippen MR) is 100 cm³/mol. The van der Waals surface area contributed by atoms with E-state index in [1.54, 1.807) is 24.3 Å². The lowest BCUT2D eigenvalue weighted by molar-refractivity contribution is 0.450. The van der Waals surface area contributed by atoms with Gasteiger partial charge in [-0.1, -0.05) is 100 Å². The Morgan fingerprint density at radius 3 is 1.81 bits per heavy atom. The lowest BCUT2D eigenvalue weighted by atomic mass is 9.92. The molecule has 0 amide bonds. The van der Waals surface area contributed by atoms with Crippen LogP contribution in [-0.4, -0.2) is 12.4 Å². The average Bonchev–Trinajstić information content (AvgIpc) is 2.40. The molecule has 0 aliphatic heterocycles. The number of benzene rings is 2. The molecule has 0 aromatic heterocycles. The number of para-hydroxylation sites is 2. The van der Waals surface area contributed by atoms with Crippen molar-refractivity contribution >= 4 is 63.7 Å². The van der Waals surface area contributed by atoms with Gasteiger partial charge in [-0.2, -0.15) is 0 Å². The summed E-state index contributed by atoms with van der Waals surface area (Å²) in [4.78, 5) is 0. The van der Waals surface area contributed by atoms with Crippen LogP contribution < -0.4 is 0 Å². The summed E-state index contributed by atoms with van der Waals surface area (Å²) in [5.74, 6) is 0.390. The number of aromatic hydroxyl groups is 2. The van der Waals surface area contributed by atoms with Gasteiger partial charge in [0.15, 0.2) is 2.14 Å². The van der Waals surface area contributed by atoms with Crippen molar-refractivity contribution in [3.8, 4) is 11.5 Å². The Bertz CT molecular complexity index is 640. The quantitative estimate of drug-likeness (QED) is 0.483. The van der Waals surface area contributed by atoms with Gasteiger partial charge >= 0.3 is 0 Å². The number of phenolic OH excluding ortho intramolecular Hbond substituents is 2. The Morgan fingerprint density at radius 2 is 1.29 bits per heavy atom. The zero-order valence-electron chi connectivity index (χ0n) is 10.7. The molecule has 0 radical (unpaired) electrons. The summed E-state index contributed by atoms with van der Waals surface area (Å²) in [6, 6.07) is 14.2. The third-order valence-electron chi connectivity index (χ3n) is 3.21. The monoisotopic (exact) mass is 540 g/mol. The maximum absolute atomic E-state index is 10.2. The SMILES string of the molecule is Oc1ccccc1CC(Br)(c1ccccc1O)C(Br)(Br)Br. The fourth-order valence-corrected chi connectivity index (χ4v) is 3.78. The molecule has 0 aliphatic carbocycles. The third kappa shape index (κ3) is 3.66. The van der Waals surface area contributed by atoms with Crippen molar-refractivity contribution in [3.63, 3.8) is 0 Å². The van der Waals surface area contributed by atoms with Crippen LogP contribution in [0.25, 0.3) is 0 Å². The van der Waals surface area contributed by atoms with Gasteiger partial charge in [-0.25, -0.2) is 0 Å². The zero-order chi connectivity index (χ0) is 15.7. The Hall–Kier alpha value is -0.0400. The Kier molecular flexibility index (Phi) is 5.45. The number of phenols is 2. The molecule has 2 rings (SSSR count). The first-order valence-corrected chi connectivity index (χ1v) is 9.24.